The fourth-order valence-electron chi connectivity index (χ4n) is 3.83. The van der Waals surface area contributed by atoms with Crippen LogP contribution in [0, 0.1) is 5.92 Å². The van der Waals surface area contributed by atoms with Gasteiger partial charge in [0.1, 0.15) is 11.0 Å². The second-order valence-corrected chi connectivity index (χ2v) is 13.7. The number of nitrogens with zero attached hydrogens (tertiary/aromatic N) is 2. The number of fused-ring (bicyclic) bond motifs is 1. The highest BCUT2D eigenvalue weighted by Gasteiger charge is 2.40. The number of aliphatic hydroxyl groups is 1. The van der Waals surface area contributed by atoms with Crippen molar-refractivity contribution in [2.45, 2.75) is 57.5 Å². The van der Waals surface area contributed by atoms with Crippen LogP contribution in [0.15, 0.2) is 34.5 Å². The molecule has 0 saturated carbocycles. The van der Waals surface area contributed by atoms with Crippen LogP contribution in [-0.4, -0.2) is 29.1 Å². The third-order valence-corrected chi connectivity index (χ3v) is 6.33. The standard InChI is InChI=1S/C18H26N2O2Si/c1-13-5-7-15(18(21,11-13)12-23(2,3)4)9-14-6-8-16-17(10-14)20-22-19-16/h6,8,10-11,15,21H,5,7,9,12H2,1-4H3. The van der Waals surface area contributed by atoms with Crippen LogP contribution in [-0.2, 0) is 6.42 Å². The molecule has 2 aromatic rings. The quantitative estimate of drug-likeness (QED) is 0.674. The lowest BCUT2D eigenvalue weighted by Crippen LogP contribution is -2.45. The van der Waals surface area contributed by atoms with Crippen molar-refractivity contribution in [3.05, 3.63) is 35.4 Å². The van der Waals surface area contributed by atoms with Crippen molar-refractivity contribution < 1.29 is 9.74 Å². The summed E-state index contributed by atoms with van der Waals surface area (Å²) < 4.78 is 4.78. The van der Waals surface area contributed by atoms with Gasteiger partial charge in [-0.25, -0.2) is 4.63 Å². The Balaban J connectivity index is 1.87. The molecule has 0 aliphatic heterocycles. The molecule has 2 unspecified atom stereocenters. The Morgan fingerprint density at radius 1 is 1.26 bits per heavy atom. The summed E-state index contributed by atoms with van der Waals surface area (Å²) in [5.41, 5.74) is 3.41. The summed E-state index contributed by atoms with van der Waals surface area (Å²) >= 11 is 0. The van der Waals surface area contributed by atoms with Crippen molar-refractivity contribution in [2.75, 3.05) is 0 Å². The highest BCUT2D eigenvalue weighted by atomic mass is 28.3. The number of benzene rings is 1. The molecule has 0 amide bonds. The molecule has 1 aromatic carbocycles. The van der Waals surface area contributed by atoms with Crippen LogP contribution in [0.2, 0.25) is 25.7 Å². The molecule has 0 fully saturated rings. The Hall–Kier alpha value is -1.46. The maximum absolute atomic E-state index is 11.4. The summed E-state index contributed by atoms with van der Waals surface area (Å²) in [5.74, 6) is 0.259. The fourth-order valence-corrected chi connectivity index (χ4v) is 5.92. The molecule has 23 heavy (non-hydrogen) atoms. The molecule has 1 heterocycles. The van der Waals surface area contributed by atoms with E-state index < -0.39 is 13.7 Å². The zero-order valence-corrected chi connectivity index (χ0v) is 15.5. The predicted octanol–water partition coefficient (Wildman–Crippen LogP) is 4.19. The molecule has 5 heteroatoms. The smallest absolute Gasteiger partial charge is 0.135 e. The largest absolute Gasteiger partial charge is 0.386 e. The molecule has 124 valence electrons. The molecule has 1 aliphatic carbocycles. The minimum absolute atomic E-state index is 0.259. The number of aromatic nitrogens is 2. The lowest BCUT2D eigenvalue weighted by Gasteiger charge is -2.41. The van der Waals surface area contributed by atoms with Crippen LogP contribution in [0.25, 0.3) is 11.0 Å². The van der Waals surface area contributed by atoms with Crippen LogP contribution >= 0.6 is 0 Å². The highest BCUT2D eigenvalue weighted by molar-refractivity contribution is 6.76. The van der Waals surface area contributed by atoms with Gasteiger partial charge in [0.2, 0.25) is 0 Å². The van der Waals surface area contributed by atoms with Crippen LogP contribution in [0.3, 0.4) is 0 Å². The van der Waals surface area contributed by atoms with E-state index in [4.69, 9.17) is 4.63 Å². The van der Waals surface area contributed by atoms with Gasteiger partial charge >= 0.3 is 0 Å². The summed E-state index contributed by atoms with van der Waals surface area (Å²) in [6.07, 6.45) is 5.12. The third-order valence-electron chi connectivity index (χ3n) is 4.70. The van der Waals surface area contributed by atoms with Crippen LogP contribution in [0.4, 0.5) is 0 Å². The molecule has 1 aliphatic rings. The summed E-state index contributed by atoms with van der Waals surface area (Å²) in [6.45, 7) is 9.12. The van der Waals surface area contributed by atoms with Gasteiger partial charge in [-0.05, 0) is 66.2 Å². The average molecular weight is 331 g/mol. The zero-order chi connectivity index (χ0) is 16.7. The van der Waals surface area contributed by atoms with E-state index in [0.717, 1.165) is 36.3 Å². The van der Waals surface area contributed by atoms with E-state index in [1.807, 2.05) is 12.1 Å². The molecule has 0 saturated heterocycles. The van der Waals surface area contributed by atoms with Crippen LogP contribution < -0.4 is 0 Å². The van der Waals surface area contributed by atoms with E-state index in [1.165, 1.54) is 11.1 Å². The number of hydrogen-bond acceptors (Lipinski definition) is 4. The minimum atomic E-state index is -1.37. The Kier molecular flexibility index (Phi) is 4.19. The van der Waals surface area contributed by atoms with Gasteiger partial charge in [0.05, 0.1) is 5.60 Å². The van der Waals surface area contributed by atoms with Gasteiger partial charge in [0.25, 0.3) is 0 Å². The Bertz CT molecular complexity index is 732. The van der Waals surface area contributed by atoms with Crippen molar-refractivity contribution in [1.82, 2.24) is 10.3 Å². The monoisotopic (exact) mass is 330 g/mol. The molecule has 3 rings (SSSR count). The highest BCUT2D eigenvalue weighted by Crippen LogP contribution is 2.40. The van der Waals surface area contributed by atoms with Crippen molar-refractivity contribution in [3.8, 4) is 0 Å². The minimum Gasteiger partial charge on any atom is -0.386 e. The maximum Gasteiger partial charge on any atom is 0.135 e. The Morgan fingerprint density at radius 2 is 2.00 bits per heavy atom. The Labute approximate surface area is 138 Å². The van der Waals surface area contributed by atoms with E-state index in [2.05, 4.69) is 49.0 Å². The van der Waals surface area contributed by atoms with Gasteiger partial charge in [-0.1, -0.05) is 37.4 Å². The van der Waals surface area contributed by atoms with Gasteiger partial charge < -0.3 is 5.11 Å². The summed E-state index contributed by atoms with van der Waals surface area (Å²) in [5, 5.41) is 19.2. The number of hydrogen-bond donors (Lipinski definition) is 1. The summed E-state index contributed by atoms with van der Waals surface area (Å²) in [7, 11) is -1.37. The normalized spacial score (nSPS) is 25.6. The molecular weight excluding hydrogens is 304 g/mol. The Morgan fingerprint density at radius 3 is 2.74 bits per heavy atom. The van der Waals surface area contributed by atoms with Crippen molar-refractivity contribution in [3.63, 3.8) is 0 Å². The van der Waals surface area contributed by atoms with Crippen molar-refractivity contribution in [1.29, 1.82) is 0 Å². The molecule has 4 nitrogen and oxygen atoms in total. The summed E-state index contributed by atoms with van der Waals surface area (Å²) in [6, 6.07) is 6.97. The van der Waals surface area contributed by atoms with Gasteiger partial charge in [-0.3, -0.25) is 0 Å². The molecule has 0 bridgehead atoms. The van der Waals surface area contributed by atoms with E-state index in [-0.39, 0.29) is 5.92 Å². The first-order valence-electron chi connectivity index (χ1n) is 8.37. The second kappa shape index (κ2) is 5.87. The SMILES string of the molecule is CC1=CC(O)(C[Si](C)(C)C)C(Cc2ccc3nonc3c2)CC1. The molecule has 1 N–H and O–H groups in total. The molecule has 1 aromatic heterocycles. The van der Waals surface area contributed by atoms with Gasteiger partial charge in [-0.2, -0.15) is 0 Å². The lowest BCUT2D eigenvalue weighted by molar-refractivity contribution is 0.0336. The zero-order valence-electron chi connectivity index (χ0n) is 14.5. The van der Waals surface area contributed by atoms with Crippen molar-refractivity contribution in [2.24, 2.45) is 5.92 Å². The maximum atomic E-state index is 11.4. The van der Waals surface area contributed by atoms with E-state index in [0.29, 0.717) is 0 Å². The second-order valence-electron chi connectivity index (χ2n) is 8.25. The first-order valence-corrected chi connectivity index (χ1v) is 12.1. The predicted molar refractivity (Wildman–Crippen MR) is 95.1 cm³/mol. The van der Waals surface area contributed by atoms with Gasteiger partial charge in [0, 0.05) is 8.07 Å². The van der Waals surface area contributed by atoms with Crippen LogP contribution in [0.5, 0.6) is 0 Å². The van der Waals surface area contributed by atoms with E-state index in [9.17, 15) is 5.11 Å². The first kappa shape index (κ1) is 16.4. The summed E-state index contributed by atoms with van der Waals surface area (Å²) in [4.78, 5) is 0. The molecule has 2 atom stereocenters. The number of rotatable bonds is 4. The van der Waals surface area contributed by atoms with E-state index >= 15 is 0 Å². The van der Waals surface area contributed by atoms with Crippen LogP contribution in [0.1, 0.15) is 25.3 Å². The molecular formula is C18H26N2O2Si. The van der Waals surface area contributed by atoms with Gasteiger partial charge in [-0.15, -0.1) is 0 Å². The third kappa shape index (κ3) is 3.72. The number of allylic oxidation sites excluding steroid dienone is 1. The molecule has 0 spiro atoms. The fraction of sp³-hybridized carbons (Fsp3) is 0.556. The topological polar surface area (TPSA) is 59.2 Å². The average Bonchev–Trinajstić information content (AvgIpc) is 2.87. The first-order chi connectivity index (χ1) is 10.8. The van der Waals surface area contributed by atoms with Crippen molar-refractivity contribution >= 4 is 19.1 Å². The molecule has 0 radical (unpaired) electrons. The lowest BCUT2D eigenvalue weighted by atomic mass is 9.75. The van der Waals surface area contributed by atoms with Gasteiger partial charge in [0.15, 0.2) is 0 Å². The van der Waals surface area contributed by atoms with E-state index in [1.54, 1.807) is 0 Å².